The van der Waals surface area contributed by atoms with Gasteiger partial charge in [-0.05, 0) is 29.8 Å². The number of fused-ring (bicyclic) bond motifs is 1. The molecule has 124 valence electrons. The number of sulfonamides is 1. The quantitative estimate of drug-likeness (QED) is 0.794. The van der Waals surface area contributed by atoms with Crippen molar-refractivity contribution < 1.29 is 18.0 Å². The largest absolute Gasteiger partial charge is 0.274 e. The summed E-state index contributed by atoms with van der Waals surface area (Å²) in [6, 6.07) is 13.4. The van der Waals surface area contributed by atoms with Crippen molar-refractivity contribution in [1.82, 2.24) is 4.90 Å². The van der Waals surface area contributed by atoms with Gasteiger partial charge in [0.05, 0.1) is 29.6 Å². The molecule has 0 unspecified atom stereocenters. The predicted octanol–water partition coefficient (Wildman–Crippen LogP) is 1.88. The van der Waals surface area contributed by atoms with Crippen LogP contribution in [0.1, 0.15) is 26.3 Å². The molecule has 0 fully saturated rings. The first-order chi connectivity index (χ1) is 11.3. The second-order valence-electron chi connectivity index (χ2n) is 5.64. The standard InChI is InChI=1S/C17H16N2O4S/c1-18(24(2,22)23)13-9-7-12(8-10-13)11-19-16(20)14-5-3-4-6-15(14)17(19)21/h3-10H,11H2,1-2H3. The minimum absolute atomic E-state index is 0.148. The molecule has 0 N–H and O–H groups in total. The lowest BCUT2D eigenvalue weighted by Gasteiger charge is -2.18. The Bertz CT molecular complexity index is 885. The summed E-state index contributed by atoms with van der Waals surface area (Å²) in [5, 5.41) is 0. The summed E-state index contributed by atoms with van der Waals surface area (Å²) in [7, 11) is -1.86. The van der Waals surface area contributed by atoms with E-state index in [9.17, 15) is 18.0 Å². The molecule has 1 heterocycles. The number of nitrogens with zero attached hydrogens (tertiary/aromatic N) is 2. The van der Waals surface area contributed by atoms with Crippen molar-refractivity contribution in [3.05, 3.63) is 65.2 Å². The highest BCUT2D eigenvalue weighted by Gasteiger charge is 2.34. The van der Waals surface area contributed by atoms with Crippen LogP contribution < -0.4 is 4.31 Å². The fraction of sp³-hybridized carbons (Fsp3) is 0.176. The topological polar surface area (TPSA) is 74.8 Å². The van der Waals surface area contributed by atoms with Gasteiger partial charge in [-0.1, -0.05) is 24.3 Å². The van der Waals surface area contributed by atoms with Crippen molar-refractivity contribution in [2.75, 3.05) is 17.6 Å². The minimum atomic E-state index is -3.33. The van der Waals surface area contributed by atoms with Crippen molar-refractivity contribution in [1.29, 1.82) is 0 Å². The van der Waals surface area contributed by atoms with Gasteiger partial charge in [0.15, 0.2) is 0 Å². The molecule has 6 nitrogen and oxygen atoms in total. The molecule has 24 heavy (non-hydrogen) atoms. The molecule has 2 aromatic rings. The summed E-state index contributed by atoms with van der Waals surface area (Å²) in [6.45, 7) is 0.148. The van der Waals surface area contributed by atoms with Crippen LogP contribution in [0.25, 0.3) is 0 Å². The molecule has 0 saturated carbocycles. The van der Waals surface area contributed by atoms with E-state index in [1.54, 1.807) is 48.5 Å². The maximum atomic E-state index is 12.3. The lowest BCUT2D eigenvalue weighted by Crippen LogP contribution is -2.29. The predicted molar refractivity (Wildman–Crippen MR) is 90.3 cm³/mol. The molecule has 1 aliphatic heterocycles. The summed E-state index contributed by atoms with van der Waals surface area (Å²) in [5.74, 6) is -0.624. The summed E-state index contributed by atoms with van der Waals surface area (Å²) in [4.78, 5) is 25.9. The van der Waals surface area contributed by atoms with Crippen LogP contribution >= 0.6 is 0 Å². The van der Waals surface area contributed by atoms with Crippen LogP contribution in [0.4, 0.5) is 5.69 Å². The number of anilines is 1. The average Bonchev–Trinajstić information content (AvgIpc) is 2.79. The molecule has 0 spiro atoms. The number of hydrogen-bond acceptors (Lipinski definition) is 4. The van der Waals surface area contributed by atoms with E-state index in [4.69, 9.17) is 0 Å². The third kappa shape index (κ3) is 2.78. The molecule has 0 aliphatic carbocycles. The highest BCUT2D eigenvalue weighted by molar-refractivity contribution is 7.92. The van der Waals surface area contributed by atoms with Gasteiger partial charge >= 0.3 is 0 Å². The molecule has 0 bridgehead atoms. The van der Waals surface area contributed by atoms with Crippen LogP contribution in [0.5, 0.6) is 0 Å². The van der Waals surface area contributed by atoms with Crippen molar-refractivity contribution >= 4 is 27.5 Å². The van der Waals surface area contributed by atoms with Gasteiger partial charge in [0.2, 0.25) is 10.0 Å². The summed E-state index contributed by atoms with van der Waals surface area (Å²) < 4.78 is 24.2. The first-order valence-corrected chi connectivity index (χ1v) is 9.12. The Hall–Kier alpha value is -2.67. The van der Waals surface area contributed by atoms with Gasteiger partial charge in [0.25, 0.3) is 11.8 Å². The van der Waals surface area contributed by atoms with E-state index in [-0.39, 0.29) is 18.4 Å². The fourth-order valence-electron chi connectivity index (χ4n) is 2.57. The Morgan fingerprint density at radius 3 is 1.88 bits per heavy atom. The van der Waals surface area contributed by atoms with Gasteiger partial charge in [-0.25, -0.2) is 8.42 Å². The van der Waals surface area contributed by atoms with Crippen molar-refractivity contribution in [2.45, 2.75) is 6.54 Å². The molecule has 1 aliphatic rings. The molecular formula is C17H16N2O4S. The summed E-state index contributed by atoms with van der Waals surface area (Å²) in [6.07, 6.45) is 1.12. The Kier molecular flexibility index (Phi) is 3.88. The third-order valence-corrected chi connectivity index (χ3v) is 5.22. The van der Waals surface area contributed by atoms with Gasteiger partial charge in [0.1, 0.15) is 0 Å². The molecule has 0 saturated heterocycles. The van der Waals surface area contributed by atoms with E-state index < -0.39 is 10.0 Å². The molecule has 3 rings (SSSR count). The normalized spacial score (nSPS) is 14.0. The van der Waals surface area contributed by atoms with Crippen LogP contribution in [-0.2, 0) is 16.6 Å². The molecule has 0 radical (unpaired) electrons. The zero-order valence-electron chi connectivity index (χ0n) is 13.3. The summed E-state index contributed by atoms with van der Waals surface area (Å²) in [5.41, 5.74) is 2.09. The second kappa shape index (κ2) is 5.76. The highest BCUT2D eigenvalue weighted by Crippen LogP contribution is 2.25. The Morgan fingerprint density at radius 1 is 0.917 bits per heavy atom. The van der Waals surface area contributed by atoms with Crippen molar-refractivity contribution in [3.8, 4) is 0 Å². The number of rotatable bonds is 4. The fourth-order valence-corrected chi connectivity index (χ4v) is 3.07. The lowest BCUT2D eigenvalue weighted by atomic mass is 10.1. The van der Waals surface area contributed by atoms with Gasteiger partial charge in [-0.2, -0.15) is 0 Å². The first kappa shape index (κ1) is 16.2. The molecule has 2 amide bonds. The molecule has 0 aromatic heterocycles. The van der Waals surface area contributed by atoms with E-state index in [0.29, 0.717) is 16.8 Å². The second-order valence-corrected chi connectivity index (χ2v) is 7.65. The minimum Gasteiger partial charge on any atom is -0.274 e. The van der Waals surface area contributed by atoms with Gasteiger partial charge in [-0.3, -0.25) is 18.8 Å². The Morgan fingerprint density at radius 2 is 1.42 bits per heavy atom. The molecule has 7 heteroatoms. The van der Waals surface area contributed by atoms with Gasteiger partial charge in [-0.15, -0.1) is 0 Å². The average molecular weight is 344 g/mol. The Labute approximate surface area is 140 Å². The molecule has 0 atom stereocenters. The lowest BCUT2D eigenvalue weighted by molar-refractivity contribution is 0.0642. The maximum absolute atomic E-state index is 12.3. The van der Waals surface area contributed by atoms with Crippen LogP contribution in [-0.4, -0.2) is 38.4 Å². The number of benzene rings is 2. The SMILES string of the molecule is CN(c1ccc(CN2C(=O)c3ccccc3C2=O)cc1)S(C)(=O)=O. The monoisotopic (exact) mass is 344 g/mol. The van der Waals surface area contributed by atoms with Crippen LogP contribution in [0.3, 0.4) is 0 Å². The zero-order chi connectivity index (χ0) is 17.5. The molecule has 2 aromatic carbocycles. The third-order valence-electron chi connectivity index (χ3n) is 4.02. The maximum Gasteiger partial charge on any atom is 0.261 e. The van der Waals surface area contributed by atoms with Crippen molar-refractivity contribution in [3.63, 3.8) is 0 Å². The van der Waals surface area contributed by atoms with Gasteiger partial charge < -0.3 is 0 Å². The van der Waals surface area contributed by atoms with Crippen molar-refractivity contribution in [2.24, 2.45) is 0 Å². The summed E-state index contributed by atoms with van der Waals surface area (Å²) >= 11 is 0. The number of imide groups is 1. The number of carbonyl (C=O) groups excluding carboxylic acids is 2. The van der Waals surface area contributed by atoms with Crippen LogP contribution in [0.2, 0.25) is 0 Å². The van der Waals surface area contributed by atoms with E-state index in [1.165, 1.54) is 16.3 Å². The first-order valence-electron chi connectivity index (χ1n) is 7.27. The smallest absolute Gasteiger partial charge is 0.261 e. The zero-order valence-corrected chi connectivity index (χ0v) is 14.1. The number of carbonyl (C=O) groups is 2. The van der Waals surface area contributed by atoms with E-state index in [1.807, 2.05) is 0 Å². The Balaban J connectivity index is 1.81. The van der Waals surface area contributed by atoms with Crippen LogP contribution in [0, 0.1) is 0 Å². The highest BCUT2D eigenvalue weighted by atomic mass is 32.2. The van der Waals surface area contributed by atoms with Gasteiger partial charge in [0, 0.05) is 7.05 Å². The van der Waals surface area contributed by atoms with E-state index in [0.717, 1.165) is 11.8 Å². The van der Waals surface area contributed by atoms with E-state index >= 15 is 0 Å². The molecular weight excluding hydrogens is 328 g/mol. The number of amides is 2. The number of hydrogen-bond donors (Lipinski definition) is 0. The van der Waals surface area contributed by atoms with Crippen LogP contribution in [0.15, 0.2) is 48.5 Å². The van der Waals surface area contributed by atoms with E-state index in [2.05, 4.69) is 0 Å².